The van der Waals surface area contributed by atoms with Crippen LogP contribution in [0.25, 0.3) is 0 Å². The smallest absolute Gasteiger partial charge is 0.312 e. The van der Waals surface area contributed by atoms with Crippen LogP contribution in [-0.2, 0) is 30.0 Å². The van der Waals surface area contributed by atoms with Gasteiger partial charge in [0.1, 0.15) is 6.10 Å². The van der Waals surface area contributed by atoms with E-state index in [1.807, 2.05) is 36.4 Å². The van der Waals surface area contributed by atoms with Crippen LogP contribution in [0.5, 0.6) is 0 Å². The second kappa shape index (κ2) is 9.99. The third-order valence-electron chi connectivity index (χ3n) is 7.13. The summed E-state index contributed by atoms with van der Waals surface area (Å²) >= 11 is 0. The molecule has 5 atom stereocenters. The summed E-state index contributed by atoms with van der Waals surface area (Å²) in [6, 6.07) is 10.0. The predicted octanol–water partition coefficient (Wildman–Crippen LogP) is 5.36. The minimum atomic E-state index is -2.20. The van der Waals surface area contributed by atoms with Gasteiger partial charge in [-0.3, -0.25) is 4.79 Å². The van der Waals surface area contributed by atoms with E-state index >= 15 is 0 Å². The number of esters is 1. The molecule has 0 aliphatic heterocycles. The van der Waals surface area contributed by atoms with Gasteiger partial charge in [-0.2, -0.15) is 0 Å². The lowest BCUT2D eigenvalue weighted by atomic mass is 9.75. The van der Waals surface area contributed by atoms with Crippen molar-refractivity contribution >= 4 is 14.3 Å². The molecule has 1 aliphatic carbocycles. The van der Waals surface area contributed by atoms with E-state index in [1.165, 1.54) is 7.11 Å². The van der Waals surface area contributed by atoms with Crippen LogP contribution < -0.4 is 0 Å². The van der Waals surface area contributed by atoms with E-state index in [0.29, 0.717) is 13.0 Å². The summed E-state index contributed by atoms with van der Waals surface area (Å²) in [5, 5.41) is -0.0101. The standard InChI is InChI=1S/C25H40O5Si/c1-10-16-25(5)19(23(26)28-7)20(30-31(8,9)24(2,3)4)21(27-6)22(25)29-17-18-14-12-11-13-15-18/h10-15,19-22H,1,16-17H2,2-9H3/t19-,20-,21+,22-,25-/m1/s1. The van der Waals surface area contributed by atoms with E-state index < -0.39 is 31.9 Å². The van der Waals surface area contributed by atoms with Crippen LogP contribution in [-0.4, -0.2) is 46.8 Å². The summed E-state index contributed by atoms with van der Waals surface area (Å²) in [5.74, 6) is -0.809. The first-order chi connectivity index (χ1) is 14.4. The lowest BCUT2D eigenvalue weighted by Gasteiger charge is -2.41. The third kappa shape index (κ3) is 5.30. The second-order valence-electron chi connectivity index (χ2n) is 10.3. The van der Waals surface area contributed by atoms with Crippen molar-refractivity contribution in [2.24, 2.45) is 11.3 Å². The number of allylic oxidation sites excluding steroid dienone is 1. The Morgan fingerprint density at radius 2 is 1.77 bits per heavy atom. The van der Waals surface area contributed by atoms with E-state index in [0.717, 1.165) is 5.56 Å². The van der Waals surface area contributed by atoms with Crippen molar-refractivity contribution in [1.82, 2.24) is 0 Å². The highest BCUT2D eigenvalue weighted by atomic mass is 28.4. The topological polar surface area (TPSA) is 54.0 Å². The minimum absolute atomic E-state index is 0.0101. The van der Waals surface area contributed by atoms with Crippen LogP contribution in [0.4, 0.5) is 0 Å². The molecule has 0 amide bonds. The molecule has 0 saturated heterocycles. The lowest BCUT2D eigenvalue weighted by Crippen LogP contribution is -2.50. The fourth-order valence-corrected chi connectivity index (χ4v) is 5.63. The van der Waals surface area contributed by atoms with E-state index in [4.69, 9.17) is 18.6 Å². The number of hydrogen-bond donors (Lipinski definition) is 0. The van der Waals surface area contributed by atoms with Crippen LogP contribution in [0.15, 0.2) is 43.0 Å². The van der Waals surface area contributed by atoms with Crippen molar-refractivity contribution in [2.45, 2.75) is 77.2 Å². The summed E-state index contributed by atoms with van der Waals surface area (Å²) < 4.78 is 24.5. The molecule has 0 unspecified atom stereocenters. The Morgan fingerprint density at radius 1 is 1.16 bits per heavy atom. The lowest BCUT2D eigenvalue weighted by molar-refractivity contribution is -0.154. The molecule has 31 heavy (non-hydrogen) atoms. The van der Waals surface area contributed by atoms with Gasteiger partial charge in [0.15, 0.2) is 8.32 Å². The highest BCUT2D eigenvalue weighted by Crippen LogP contribution is 2.52. The zero-order valence-corrected chi connectivity index (χ0v) is 21.4. The first kappa shape index (κ1) is 25.8. The summed E-state index contributed by atoms with van der Waals surface area (Å²) in [4.78, 5) is 13.1. The van der Waals surface area contributed by atoms with Crippen LogP contribution in [0.1, 0.15) is 39.7 Å². The van der Waals surface area contributed by atoms with E-state index in [1.54, 1.807) is 7.11 Å². The monoisotopic (exact) mass is 448 g/mol. The number of carbonyl (C=O) groups is 1. The summed E-state index contributed by atoms with van der Waals surface area (Å²) in [5.41, 5.74) is 0.499. The van der Waals surface area contributed by atoms with Gasteiger partial charge in [0.2, 0.25) is 0 Å². The maximum Gasteiger partial charge on any atom is 0.312 e. The van der Waals surface area contributed by atoms with Crippen molar-refractivity contribution in [2.75, 3.05) is 14.2 Å². The van der Waals surface area contributed by atoms with Crippen molar-refractivity contribution in [3.8, 4) is 0 Å². The van der Waals surface area contributed by atoms with Crippen molar-refractivity contribution in [3.63, 3.8) is 0 Å². The Bertz CT molecular complexity index is 742. The number of methoxy groups -OCH3 is 2. The van der Waals surface area contributed by atoms with E-state index in [2.05, 4.69) is 47.4 Å². The molecule has 1 fully saturated rings. The van der Waals surface area contributed by atoms with Gasteiger partial charge in [0, 0.05) is 12.5 Å². The molecule has 0 N–H and O–H groups in total. The average molecular weight is 449 g/mol. The number of hydrogen-bond acceptors (Lipinski definition) is 5. The van der Waals surface area contributed by atoms with Crippen LogP contribution in [0.3, 0.4) is 0 Å². The predicted molar refractivity (Wildman–Crippen MR) is 126 cm³/mol. The fourth-order valence-electron chi connectivity index (χ4n) is 4.33. The molecule has 0 bridgehead atoms. The summed E-state index contributed by atoms with van der Waals surface area (Å²) in [6.45, 7) is 17.4. The van der Waals surface area contributed by atoms with Gasteiger partial charge in [-0.25, -0.2) is 0 Å². The number of carbonyl (C=O) groups excluding carboxylic acids is 1. The third-order valence-corrected chi connectivity index (χ3v) is 11.6. The van der Waals surface area contributed by atoms with Crippen molar-refractivity contribution in [1.29, 1.82) is 0 Å². The van der Waals surface area contributed by atoms with Gasteiger partial charge in [-0.05, 0) is 30.1 Å². The van der Waals surface area contributed by atoms with Crippen molar-refractivity contribution < 1.29 is 23.4 Å². The van der Waals surface area contributed by atoms with Gasteiger partial charge in [0.05, 0.1) is 31.8 Å². The van der Waals surface area contributed by atoms with Crippen LogP contribution >= 0.6 is 0 Å². The Labute approximate surface area is 189 Å². The maximum atomic E-state index is 13.1. The molecule has 0 aromatic heterocycles. The number of ether oxygens (including phenoxy) is 3. The van der Waals surface area contributed by atoms with Gasteiger partial charge in [-0.15, -0.1) is 6.58 Å². The molecule has 6 heteroatoms. The number of benzene rings is 1. The SMILES string of the molecule is C=CC[C@@]1(C)[C@H](OCc2ccccc2)[C@@H](OC)[C@H](O[Si](C)(C)C(C)(C)C)[C@@H]1C(=O)OC. The van der Waals surface area contributed by atoms with Gasteiger partial charge >= 0.3 is 5.97 Å². The molecular formula is C25H40O5Si. The molecule has 2 rings (SSSR count). The summed E-state index contributed by atoms with van der Waals surface area (Å²) in [6.07, 6.45) is 1.23. The second-order valence-corrected chi connectivity index (χ2v) is 15.0. The van der Waals surface area contributed by atoms with E-state index in [9.17, 15) is 4.79 Å². The zero-order chi connectivity index (χ0) is 23.4. The van der Waals surface area contributed by atoms with Crippen molar-refractivity contribution in [3.05, 3.63) is 48.6 Å². The molecule has 0 radical (unpaired) electrons. The Morgan fingerprint density at radius 3 is 2.26 bits per heavy atom. The first-order valence-electron chi connectivity index (χ1n) is 11.0. The molecule has 1 aromatic rings. The van der Waals surface area contributed by atoms with Gasteiger partial charge in [-0.1, -0.05) is 64.1 Å². The molecule has 0 spiro atoms. The Kier molecular flexibility index (Phi) is 8.31. The normalized spacial score (nSPS) is 29.0. The van der Waals surface area contributed by atoms with Crippen LogP contribution in [0, 0.1) is 11.3 Å². The minimum Gasteiger partial charge on any atom is -0.469 e. The Balaban J connectivity index is 2.49. The molecule has 1 aromatic carbocycles. The Hall–Kier alpha value is -1.47. The summed E-state index contributed by atoms with van der Waals surface area (Å²) in [7, 11) is 0.897. The highest BCUT2D eigenvalue weighted by Gasteiger charge is 2.63. The van der Waals surface area contributed by atoms with Gasteiger partial charge < -0.3 is 18.6 Å². The largest absolute Gasteiger partial charge is 0.469 e. The maximum absolute atomic E-state index is 13.1. The quantitative estimate of drug-likeness (QED) is 0.289. The van der Waals surface area contributed by atoms with Crippen LogP contribution in [0.2, 0.25) is 18.1 Å². The zero-order valence-electron chi connectivity index (χ0n) is 20.4. The molecule has 1 aliphatic rings. The average Bonchev–Trinajstić information content (AvgIpc) is 2.92. The molecule has 0 heterocycles. The highest BCUT2D eigenvalue weighted by molar-refractivity contribution is 6.74. The number of rotatable bonds is 9. The molecular weight excluding hydrogens is 408 g/mol. The molecule has 174 valence electrons. The molecule has 1 saturated carbocycles. The molecule has 5 nitrogen and oxygen atoms in total. The first-order valence-corrected chi connectivity index (χ1v) is 13.9. The van der Waals surface area contributed by atoms with Gasteiger partial charge in [0.25, 0.3) is 0 Å². The fraction of sp³-hybridized carbons (Fsp3) is 0.640. The van der Waals surface area contributed by atoms with E-state index in [-0.39, 0.29) is 17.1 Å².